The van der Waals surface area contributed by atoms with Gasteiger partial charge in [-0.25, -0.2) is 0 Å². The molecule has 0 fully saturated rings. The molecule has 0 amide bonds. The molecule has 142 valence electrons. The minimum absolute atomic E-state index is 0.552. The van der Waals surface area contributed by atoms with Crippen LogP contribution in [0.2, 0.25) is 10.0 Å². The quantitative estimate of drug-likeness (QED) is 0.406. The van der Waals surface area contributed by atoms with Crippen LogP contribution in [0.15, 0.2) is 46.0 Å². The minimum Gasteiger partial charge on any atom is -0.496 e. The fourth-order valence-electron chi connectivity index (χ4n) is 2.72. The first-order chi connectivity index (χ1) is 13.0. The number of thioether (sulfide) groups is 1. The van der Waals surface area contributed by atoms with Crippen molar-refractivity contribution in [1.29, 1.82) is 0 Å². The molecule has 0 N–H and O–H groups in total. The van der Waals surface area contributed by atoms with Gasteiger partial charge in [0.05, 0.1) is 7.11 Å². The number of nitrogens with zero attached hydrogens (tertiary/aromatic N) is 2. The number of methoxy groups -OCH3 is 1. The van der Waals surface area contributed by atoms with Gasteiger partial charge >= 0.3 is 0 Å². The van der Waals surface area contributed by atoms with Crippen LogP contribution in [0.1, 0.15) is 29.0 Å². The maximum absolute atomic E-state index is 6.19. The third-order valence-electron chi connectivity index (χ3n) is 4.13. The highest BCUT2D eigenvalue weighted by molar-refractivity contribution is 7.98. The molecule has 27 heavy (non-hydrogen) atoms. The van der Waals surface area contributed by atoms with Crippen LogP contribution < -0.4 is 4.74 Å². The van der Waals surface area contributed by atoms with Crippen LogP contribution in [0.3, 0.4) is 0 Å². The molecule has 0 saturated heterocycles. The predicted octanol–water partition coefficient (Wildman–Crippen LogP) is 6.16. The Balaban J connectivity index is 1.48. The largest absolute Gasteiger partial charge is 0.496 e. The number of aromatic nitrogens is 2. The van der Waals surface area contributed by atoms with E-state index in [9.17, 15) is 0 Å². The van der Waals surface area contributed by atoms with Crippen molar-refractivity contribution in [2.45, 2.75) is 37.2 Å². The summed E-state index contributed by atoms with van der Waals surface area (Å²) in [6.45, 7) is 2.05. The lowest BCUT2D eigenvalue weighted by Crippen LogP contribution is -1.93. The Labute approximate surface area is 173 Å². The summed E-state index contributed by atoms with van der Waals surface area (Å²) in [5.74, 6) is 2.23. The van der Waals surface area contributed by atoms with Gasteiger partial charge in [-0.05, 0) is 54.7 Å². The zero-order valence-electron chi connectivity index (χ0n) is 15.2. The summed E-state index contributed by atoms with van der Waals surface area (Å²) in [7, 11) is 1.69. The second kappa shape index (κ2) is 9.49. The van der Waals surface area contributed by atoms with Crippen LogP contribution in [-0.4, -0.2) is 17.3 Å². The number of halogens is 2. The van der Waals surface area contributed by atoms with E-state index in [-0.39, 0.29) is 0 Å². The molecule has 3 rings (SSSR count). The lowest BCUT2D eigenvalue weighted by atomic mass is 10.1. The summed E-state index contributed by atoms with van der Waals surface area (Å²) < 4.78 is 11.0. The summed E-state index contributed by atoms with van der Waals surface area (Å²) in [5, 5.41) is 10.1. The van der Waals surface area contributed by atoms with E-state index >= 15 is 0 Å². The number of benzene rings is 2. The van der Waals surface area contributed by atoms with Crippen molar-refractivity contribution in [3.8, 4) is 5.75 Å². The van der Waals surface area contributed by atoms with Crippen molar-refractivity contribution in [2.75, 3.05) is 7.11 Å². The van der Waals surface area contributed by atoms with Crippen molar-refractivity contribution < 1.29 is 9.15 Å². The summed E-state index contributed by atoms with van der Waals surface area (Å²) >= 11 is 13.6. The monoisotopic (exact) mass is 422 g/mol. The van der Waals surface area contributed by atoms with Crippen molar-refractivity contribution in [3.63, 3.8) is 0 Å². The molecule has 1 aromatic heterocycles. The zero-order chi connectivity index (χ0) is 19.2. The van der Waals surface area contributed by atoms with Crippen LogP contribution in [0.4, 0.5) is 0 Å². The normalized spacial score (nSPS) is 11.0. The molecule has 0 aliphatic carbocycles. The molecule has 0 spiro atoms. The molecule has 3 aromatic rings. The lowest BCUT2D eigenvalue weighted by molar-refractivity contribution is 0.408. The van der Waals surface area contributed by atoms with Gasteiger partial charge in [0.15, 0.2) is 0 Å². The molecule has 0 atom stereocenters. The van der Waals surface area contributed by atoms with Gasteiger partial charge < -0.3 is 9.15 Å². The lowest BCUT2D eigenvalue weighted by Gasteiger charge is -2.06. The second-order valence-corrected chi connectivity index (χ2v) is 7.91. The Morgan fingerprint density at radius 1 is 1.07 bits per heavy atom. The fraction of sp³-hybridized carbons (Fsp3) is 0.300. The summed E-state index contributed by atoms with van der Waals surface area (Å²) in [5.41, 5.74) is 3.41. The zero-order valence-corrected chi connectivity index (χ0v) is 17.5. The number of rotatable bonds is 8. The van der Waals surface area contributed by atoms with Crippen LogP contribution in [0.25, 0.3) is 0 Å². The maximum atomic E-state index is 6.19. The molecule has 2 aromatic carbocycles. The number of hydrogen-bond acceptors (Lipinski definition) is 5. The fourth-order valence-corrected chi connectivity index (χ4v) is 4.05. The van der Waals surface area contributed by atoms with Gasteiger partial charge in [-0.3, -0.25) is 0 Å². The van der Waals surface area contributed by atoms with E-state index in [1.54, 1.807) is 13.2 Å². The number of hydrogen-bond donors (Lipinski definition) is 0. The van der Waals surface area contributed by atoms with Crippen molar-refractivity contribution >= 4 is 35.0 Å². The third kappa shape index (κ3) is 5.64. The Morgan fingerprint density at radius 2 is 1.93 bits per heavy atom. The molecular weight excluding hydrogens is 403 g/mol. The van der Waals surface area contributed by atoms with E-state index < -0.39 is 0 Å². The van der Waals surface area contributed by atoms with E-state index in [2.05, 4.69) is 29.3 Å². The van der Waals surface area contributed by atoms with Gasteiger partial charge in [-0.1, -0.05) is 53.2 Å². The first kappa shape index (κ1) is 20.1. The molecule has 0 radical (unpaired) electrons. The maximum Gasteiger partial charge on any atom is 0.276 e. The average Bonchev–Trinajstić information content (AvgIpc) is 3.09. The average molecular weight is 423 g/mol. The number of ether oxygens (including phenoxy) is 1. The first-order valence-corrected chi connectivity index (χ1v) is 10.3. The Hall–Kier alpha value is -1.69. The van der Waals surface area contributed by atoms with Gasteiger partial charge in [0, 0.05) is 22.2 Å². The highest BCUT2D eigenvalue weighted by atomic mass is 35.5. The van der Waals surface area contributed by atoms with Crippen LogP contribution >= 0.6 is 35.0 Å². The predicted molar refractivity (Wildman–Crippen MR) is 110 cm³/mol. The van der Waals surface area contributed by atoms with E-state index in [0.717, 1.165) is 36.1 Å². The van der Waals surface area contributed by atoms with Gasteiger partial charge in [0.25, 0.3) is 5.22 Å². The minimum atomic E-state index is 0.552. The molecule has 0 aliphatic rings. The Bertz CT molecular complexity index is 915. The van der Waals surface area contributed by atoms with Gasteiger partial charge in [-0.15, -0.1) is 10.2 Å². The standard InChI is InChI=1S/C20H20Cl2N2O2S/c1-13-10-14(6-9-18(13)25-2)4-3-5-19-23-24-20(26-19)27-12-15-7-8-16(21)11-17(15)22/h6-11H,3-5,12H2,1-2H3. The van der Waals surface area contributed by atoms with Crippen molar-refractivity contribution in [1.82, 2.24) is 10.2 Å². The topological polar surface area (TPSA) is 48.2 Å². The highest BCUT2D eigenvalue weighted by Crippen LogP contribution is 2.28. The Kier molecular flexibility index (Phi) is 7.05. The Morgan fingerprint density at radius 3 is 2.67 bits per heavy atom. The smallest absolute Gasteiger partial charge is 0.276 e. The molecule has 1 heterocycles. The van der Waals surface area contributed by atoms with Crippen molar-refractivity contribution in [2.24, 2.45) is 0 Å². The van der Waals surface area contributed by atoms with Gasteiger partial charge in [-0.2, -0.15) is 0 Å². The van der Waals surface area contributed by atoms with Crippen LogP contribution in [-0.2, 0) is 18.6 Å². The van der Waals surface area contributed by atoms with Crippen LogP contribution in [0.5, 0.6) is 5.75 Å². The van der Waals surface area contributed by atoms with E-state index in [1.807, 2.05) is 18.2 Å². The molecule has 7 heteroatoms. The molecular formula is C20H20Cl2N2O2S. The summed E-state index contributed by atoms with van der Waals surface area (Å²) in [6.07, 6.45) is 2.65. The first-order valence-electron chi connectivity index (χ1n) is 8.58. The molecule has 0 saturated carbocycles. The third-order valence-corrected chi connectivity index (χ3v) is 5.58. The van der Waals surface area contributed by atoms with E-state index in [0.29, 0.717) is 26.9 Å². The van der Waals surface area contributed by atoms with Gasteiger partial charge in [0.1, 0.15) is 5.75 Å². The second-order valence-electron chi connectivity index (χ2n) is 6.14. The summed E-state index contributed by atoms with van der Waals surface area (Å²) in [4.78, 5) is 0. The van der Waals surface area contributed by atoms with E-state index in [4.69, 9.17) is 32.4 Å². The number of aryl methyl sites for hydroxylation is 3. The van der Waals surface area contributed by atoms with Crippen LogP contribution in [0, 0.1) is 6.92 Å². The molecule has 0 bridgehead atoms. The molecule has 4 nitrogen and oxygen atoms in total. The van der Waals surface area contributed by atoms with Crippen molar-refractivity contribution in [3.05, 3.63) is 69.0 Å². The molecule has 0 unspecified atom stereocenters. The summed E-state index contributed by atoms with van der Waals surface area (Å²) in [6, 6.07) is 11.7. The van der Waals surface area contributed by atoms with Gasteiger partial charge in [0.2, 0.25) is 5.89 Å². The SMILES string of the molecule is COc1ccc(CCCc2nnc(SCc3ccc(Cl)cc3Cl)o2)cc1C. The molecule has 0 aliphatic heterocycles. The highest BCUT2D eigenvalue weighted by Gasteiger charge is 2.09. The van der Waals surface area contributed by atoms with E-state index in [1.165, 1.54) is 17.3 Å².